The predicted octanol–water partition coefficient (Wildman–Crippen LogP) is 3.26. The van der Waals surface area contributed by atoms with E-state index in [1.807, 2.05) is 30.3 Å². The Morgan fingerprint density at radius 3 is 2.59 bits per heavy atom. The number of nitrogens with zero attached hydrogens (tertiary/aromatic N) is 4. The summed E-state index contributed by atoms with van der Waals surface area (Å²) in [5.74, 6) is 1.14. The highest BCUT2D eigenvalue weighted by Gasteiger charge is 2.27. The molecule has 3 aromatic rings. The van der Waals surface area contributed by atoms with E-state index in [-0.39, 0.29) is 11.6 Å². The van der Waals surface area contributed by atoms with Crippen LogP contribution in [0.1, 0.15) is 35.7 Å². The van der Waals surface area contributed by atoms with Gasteiger partial charge in [-0.25, -0.2) is 14.0 Å². The van der Waals surface area contributed by atoms with Gasteiger partial charge in [-0.2, -0.15) is 5.10 Å². The Bertz CT molecular complexity index is 973. The minimum absolute atomic E-state index is 0.0766. The average molecular weight is 362 g/mol. The Kier molecular flexibility index (Phi) is 4.94. The molecule has 1 atom stereocenters. The molecule has 0 saturated carbocycles. The molecule has 0 N–H and O–H groups in total. The number of piperidine rings is 1. The zero-order chi connectivity index (χ0) is 18.8. The lowest BCUT2D eigenvalue weighted by Gasteiger charge is -2.32. The SMILES string of the molecule is Cc1ccccc1CN1CCCC(c2nn(C)c(=O)n2-c2ccccc2)C1. The predicted molar refractivity (Wildman–Crippen MR) is 107 cm³/mol. The van der Waals surface area contributed by atoms with E-state index in [1.165, 1.54) is 15.8 Å². The van der Waals surface area contributed by atoms with Crippen LogP contribution < -0.4 is 5.69 Å². The van der Waals surface area contributed by atoms with Gasteiger partial charge in [0, 0.05) is 26.1 Å². The number of benzene rings is 2. The number of hydrogen-bond acceptors (Lipinski definition) is 3. The number of para-hydroxylation sites is 1. The van der Waals surface area contributed by atoms with Gasteiger partial charge in [0.2, 0.25) is 0 Å². The van der Waals surface area contributed by atoms with Crippen LogP contribution in [0.15, 0.2) is 59.4 Å². The van der Waals surface area contributed by atoms with Crippen molar-refractivity contribution in [2.24, 2.45) is 7.05 Å². The largest absolute Gasteiger partial charge is 0.350 e. The minimum Gasteiger partial charge on any atom is -0.298 e. The summed E-state index contributed by atoms with van der Waals surface area (Å²) in [5, 5.41) is 4.61. The van der Waals surface area contributed by atoms with E-state index in [9.17, 15) is 4.79 Å². The molecule has 1 aliphatic rings. The summed E-state index contributed by atoms with van der Waals surface area (Å²) in [4.78, 5) is 15.2. The van der Waals surface area contributed by atoms with E-state index in [0.29, 0.717) is 0 Å². The van der Waals surface area contributed by atoms with Crippen molar-refractivity contribution in [2.45, 2.75) is 32.2 Å². The summed E-state index contributed by atoms with van der Waals surface area (Å²) in [5.41, 5.74) is 3.52. The molecule has 0 radical (unpaired) electrons. The Morgan fingerprint density at radius 1 is 1.07 bits per heavy atom. The number of hydrogen-bond donors (Lipinski definition) is 0. The molecular weight excluding hydrogens is 336 g/mol. The summed E-state index contributed by atoms with van der Waals surface area (Å²) in [6, 6.07) is 18.4. The van der Waals surface area contributed by atoms with Gasteiger partial charge >= 0.3 is 5.69 Å². The molecule has 5 nitrogen and oxygen atoms in total. The maximum atomic E-state index is 12.7. The molecule has 1 aliphatic heterocycles. The number of aryl methyl sites for hydroxylation is 2. The standard InChI is InChI=1S/C22H26N4O/c1-17-9-6-7-10-18(17)15-25-14-8-11-19(16-25)21-23-24(2)22(27)26(21)20-12-4-3-5-13-20/h3-7,9-10,12-13,19H,8,11,14-16H2,1-2H3. The molecule has 27 heavy (non-hydrogen) atoms. The van der Waals surface area contributed by atoms with Crippen molar-refractivity contribution in [1.29, 1.82) is 0 Å². The molecule has 140 valence electrons. The number of likely N-dealkylation sites (tertiary alicyclic amines) is 1. The van der Waals surface area contributed by atoms with Gasteiger partial charge in [-0.1, -0.05) is 42.5 Å². The Balaban J connectivity index is 1.62. The maximum absolute atomic E-state index is 12.7. The van der Waals surface area contributed by atoms with Crippen LogP contribution in [0, 0.1) is 6.92 Å². The summed E-state index contributed by atoms with van der Waals surface area (Å²) >= 11 is 0. The monoisotopic (exact) mass is 362 g/mol. The van der Waals surface area contributed by atoms with E-state index in [2.05, 4.69) is 41.2 Å². The van der Waals surface area contributed by atoms with Crippen LogP contribution in [0.2, 0.25) is 0 Å². The van der Waals surface area contributed by atoms with Crippen molar-refractivity contribution >= 4 is 0 Å². The van der Waals surface area contributed by atoms with Crippen molar-refractivity contribution in [1.82, 2.24) is 19.2 Å². The normalized spacial score (nSPS) is 17.9. The van der Waals surface area contributed by atoms with E-state index in [1.54, 1.807) is 11.6 Å². The van der Waals surface area contributed by atoms with Crippen LogP contribution in [0.3, 0.4) is 0 Å². The fraction of sp³-hybridized carbons (Fsp3) is 0.364. The first-order chi connectivity index (χ1) is 13.1. The van der Waals surface area contributed by atoms with Crippen LogP contribution in [-0.2, 0) is 13.6 Å². The summed E-state index contributed by atoms with van der Waals surface area (Å²) in [6.45, 7) is 5.14. The van der Waals surface area contributed by atoms with Crippen molar-refractivity contribution in [3.8, 4) is 5.69 Å². The second kappa shape index (κ2) is 7.53. The maximum Gasteiger partial charge on any atom is 0.350 e. The van der Waals surface area contributed by atoms with Gasteiger partial charge in [-0.15, -0.1) is 0 Å². The summed E-state index contributed by atoms with van der Waals surface area (Å²) in [6.07, 6.45) is 2.18. The van der Waals surface area contributed by atoms with E-state index >= 15 is 0 Å². The number of aromatic nitrogens is 3. The average Bonchev–Trinajstić information content (AvgIpc) is 2.99. The van der Waals surface area contributed by atoms with Crippen molar-refractivity contribution < 1.29 is 0 Å². The fourth-order valence-corrected chi connectivity index (χ4v) is 4.01. The van der Waals surface area contributed by atoms with Gasteiger partial charge in [0.15, 0.2) is 0 Å². The summed E-state index contributed by atoms with van der Waals surface area (Å²) < 4.78 is 3.24. The highest BCUT2D eigenvalue weighted by atomic mass is 16.2. The van der Waals surface area contributed by atoms with Gasteiger partial charge < -0.3 is 0 Å². The van der Waals surface area contributed by atoms with Gasteiger partial charge in [-0.3, -0.25) is 4.90 Å². The van der Waals surface area contributed by atoms with E-state index in [0.717, 1.165) is 44.0 Å². The lowest BCUT2D eigenvalue weighted by Crippen LogP contribution is -2.35. The van der Waals surface area contributed by atoms with E-state index in [4.69, 9.17) is 0 Å². The molecule has 1 aromatic heterocycles. The highest BCUT2D eigenvalue weighted by Crippen LogP contribution is 2.27. The molecule has 0 amide bonds. The molecule has 0 bridgehead atoms. The highest BCUT2D eigenvalue weighted by molar-refractivity contribution is 5.33. The summed E-state index contributed by atoms with van der Waals surface area (Å²) in [7, 11) is 1.74. The first-order valence-electron chi connectivity index (χ1n) is 9.61. The molecule has 1 unspecified atom stereocenters. The smallest absolute Gasteiger partial charge is 0.298 e. The van der Waals surface area contributed by atoms with Gasteiger partial charge in [0.1, 0.15) is 5.82 Å². The topological polar surface area (TPSA) is 43.1 Å². The van der Waals surface area contributed by atoms with E-state index < -0.39 is 0 Å². The van der Waals surface area contributed by atoms with Crippen molar-refractivity contribution in [3.63, 3.8) is 0 Å². The number of rotatable bonds is 4. The molecule has 2 heterocycles. The molecule has 5 heteroatoms. The molecule has 0 spiro atoms. The third kappa shape index (κ3) is 3.60. The van der Waals surface area contributed by atoms with Crippen molar-refractivity contribution in [2.75, 3.05) is 13.1 Å². The first-order valence-corrected chi connectivity index (χ1v) is 9.61. The van der Waals surface area contributed by atoms with Crippen LogP contribution in [0.25, 0.3) is 5.69 Å². The second-order valence-electron chi connectivity index (χ2n) is 7.44. The van der Waals surface area contributed by atoms with Crippen molar-refractivity contribution in [3.05, 3.63) is 82.0 Å². The van der Waals surface area contributed by atoms with Crippen LogP contribution in [0.5, 0.6) is 0 Å². The Labute approximate surface area is 159 Å². The molecule has 4 rings (SSSR count). The fourth-order valence-electron chi connectivity index (χ4n) is 4.01. The van der Waals surface area contributed by atoms with Gasteiger partial charge in [-0.05, 0) is 49.6 Å². The van der Waals surface area contributed by atoms with Crippen LogP contribution in [-0.4, -0.2) is 32.3 Å². The third-order valence-corrected chi connectivity index (χ3v) is 5.49. The molecular formula is C22H26N4O. The Hall–Kier alpha value is -2.66. The molecule has 2 aromatic carbocycles. The molecule has 1 saturated heterocycles. The third-order valence-electron chi connectivity index (χ3n) is 5.49. The van der Waals surface area contributed by atoms with Gasteiger partial charge in [0.25, 0.3) is 0 Å². The first kappa shape index (κ1) is 17.7. The van der Waals surface area contributed by atoms with Crippen LogP contribution in [0.4, 0.5) is 0 Å². The lowest BCUT2D eigenvalue weighted by molar-refractivity contribution is 0.195. The van der Waals surface area contributed by atoms with Crippen LogP contribution >= 0.6 is 0 Å². The quantitative estimate of drug-likeness (QED) is 0.715. The zero-order valence-electron chi connectivity index (χ0n) is 16.0. The lowest BCUT2D eigenvalue weighted by atomic mass is 9.96. The molecule has 0 aliphatic carbocycles. The minimum atomic E-state index is -0.0766. The second-order valence-corrected chi connectivity index (χ2v) is 7.44. The Morgan fingerprint density at radius 2 is 1.81 bits per heavy atom. The molecule has 1 fully saturated rings. The van der Waals surface area contributed by atoms with Gasteiger partial charge in [0.05, 0.1) is 5.69 Å². The zero-order valence-corrected chi connectivity index (χ0v) is 16.0.